The first kappa shape index (κ1) is 36.8. The van der Waals surface area contributed by atoms with Crippen LogP contribution in [-0.2, 0) is 11.2 Å². The number of nitrogens with zero attached hydrogens (tertiary/aromatic N) is 5. The molecular formula is C52H41N5O2. The maximum absolute atomic E-state index is 11.1. The number of anilines is 6. The summed E-state index contributed by atoms with van der Waals surface area (Å²) in [5.41, 5.74) is 13.9. The molecule has 0 atom stereocenters. The maximum Gasteiger partial charge on any atom is 0.303 e. The van der Waals surface area contributed by atoms with Crippen LogP contribution in [-0.4, -0.2) is 26.1 Å². The summed E-state index contributed by atoms with van der Waals surface area (Å²) in [6.07, 6.45) is 1.43. The van der Waals surface area contributed by atoms with E-state index < -0.39 is 5.97 Å². The number of hydrogen-bond acceptors (Lipinski definition) is 5. The highest BCUT2D eigenvalue weighted by Gasteiger charge is 2.19. The van der Waals surface area contributed by atoms with Crippen molar-refractivity contribution in [3.63, 3.8) is 0 Å². The van der Waals surface area contributed by atoms with E-state index in [1.54, 1.807) is 4.80 Å². The van der Waals surface area contributed by atoms with Gasteiger partial charge in [0.1, 0.15) is 11.0 Å². The maximum atomic E-state index is 11.1. The molecule has 0 saturated carbocycles. The molecule has 8 aromatic carbocycles. The van der Waals surface area contributed by atoms with Gasteiger partial charge in [-0.05, 0) is 114 Å². The smallest absolute Gasteiger partial charge is 0.303 e. The first-order valence-electron chi connectivity index (χ1n) is 19.8. The Bertz CT molecular complexity index is 2550. The minimum absolute atomic E-state index is 0.147. The second kappa shape index (κ2) is 16.8. The fourth-order valence-electron chi connectivity index (χ4n) is 7.60. The molecule has 1 N–H and O–H groups in total. The number of carboxylic acids is 1. The van der Waals surface area contributed by atoms with Crippen molar-refractivity contribution < 1.29 is 9.90 Å². The van der Waals surface area contributed by atoms with Crippen molar-refractivity contribution in [3.05, 3.63) is 212 Å². The zero-order valence-corrected chi connectivity index (χ0v) is 32.3. The van der Waals surface area contributed by atoms with Crippen LogP contribution in [0.15, 0.2) is 206 Å². The minimum Gasteiger partial charge on any atom is -0.481 e. The zero-order valence-electron chi connectivity index (χ0n) is 32.3. The molecule has 0 bridgehead atoms. The molecule has 286 valence electrons. The Balaban J connectivity index is 1.11. The molecule has 0 unspecified atom stereocenters. The Morgan fingerprint density at radius 3 is 1.15 bits per heavy atom. The number of rotatable bonds is 13. The average molecular weight is 768 g/mol. The van der Waals surface area contributed by atoms with Crippen LogP contribution < -0.4 is 9.80 Å². The molecule has 0 spiro atoms. The van der Waals surface area contributed by atoms with Crippen LogP contribution in [0.1, 0.15) is 18.4 Å². The molecule has 7 nitrogen and oxygen atoms in total. The Morgan fingerprint density at radius 2 is 0.797 bits per heavy atom. The molecule has 0 radical (unpaired) electrons. The van der Waals surface area contributed by atoms with Crippen molar-refractivity contribution in [2.24, 2.45) is 0 Å². The first-order chi connectivity index (χ1) is 29.1. The highest BCUT2D eigenvalue weighted by molar-refractivity contribution is 6.01. The Kier molecular flexibility index (Phi) is 10.5. The van der Waals surface area contributed by atoms with Gasteiger partial charge in [-0.2, -0.15) is 4.80 Å². The lowest BCUT2D eigenvalue weighted by Crippen LogP contribution is -2.09. The van der Waals surface area contributed by atoms with Crippen molar-refractivity contribution in [2.75, 3.05) is 9.80 Å². The van der Waals surface area contributed by atoms with Gasteiger partial charge in [-0.1, -0.05) is 121 Å². The van der Waals surface area contributed by atoms with Crippen LogP contribution >= 0.6 is 0 Å². The third-order valence-corrected chi connectivity index (χ3v) is 10.5. The third kappa shape index (κ3) is 7.95. The Morgan fingerprint density at radius 1 is 0.441 bits per heavy atom. The van der Waals surface area contributed by atoms with Gasteiger partial charge in [-0.15, -0.1) is 10.2 Å². The number of carboxylic acid groups (broad SMARTS) is 1. The van der Waals surface area contributed by atoms with Crippen LogP contribution in [0.4, 0.5) is 34.1 Å². The molecule has 0 fully saturated rings. The van der Waals surface area contributed by atoms with Crippen molar-refractivity contribution in [2.45, 2.75) is 19.3 Å². The van der Waals surface area contributed by atoms with Crippen molar-refractivity contribution in [1.82, 2.24) is 15.0 Å². The molecule has 1 aromatic heterocycles. The largest absolute Gasteiger partial charge is 0.481 e. The average Bonchev–Trinajstić information content (AvgIpc) is 3.74. The Labute approximate surface area is 343 Å². The standard InChI is InChI=1S/C52H41N5O2/c58-50(59)23-13-14-38-24-30-47(31-25-38)57-53-51-48(39-26-32-45(33-27-39)55(41-15-5-1-6-16-41)42-17-7-2-8-18-42)36-37-49(52(51)54-57)40-28-34-46(35-29-40)56(43-19-9-3-10-20-43)44-21-11-4-12-22-44/h1-12,15-22,24-37H,13-14,23H2,(H,58,59). The number of carbonyl (C=O) groups is 1. The summed E-state index contributed by atoms with van der Waals surface area (Å²) in [7, 11) is 0. The van der Waals surface area contributed by atoms with Gasteiger partial charge in [0.2, 0.25) is 0 Å². The highest BCUT2D eigenvalue weighted by atomic mass is 16.4. The van der Waals surface area contributed by atoms with E-state index in [0.717, 1.165) is 78.7 Å². The van der Waals surface area contributed by atoms with Crippen LogP contribution in [0.2, 0.25) is 0 Å². The van der Waals surface area contributed by atoms with E-state index in [2.05, 4.69) is 168 Å². The van der Waals surface area contributed by atoms with Gasteiger partial charge in [0.15, 0.2) is 0 Å². The summed E-state index contributed by atoms with van der Waals surface area (Å²) in [5.74, 6) is -0.778. The number of fused-ring (bicyclic) bond motifs is 1. The van der Waals surface area contributed by atoms with E-state index >= 15 is 0 Å². The number of hydrogen-bond donors (Lipinski definition) is 1. The molecule has 0 aliphatic carbocycles. The number of benzene rings is 8. The zero-order chi connectivity index (χ0) is 40.0. The number of aromatic nitrogens is 3. The number of aryl methyl sites for hydroxylation is 1. The minimum atomic E-state index is -0.778. The molecule has 1 heterocycles. The summed E-state index contributed by atoms with van der Waals surface area (Å²) in [6, 6.07) is 71.2. The van der Waals surface area contributed by atoms with Crippen LogP contribution in [0.5, 0.6) is 0 Å². The lowest BCUT2D eigenvalue weighted by molar-refractivity contribution is -0.137. The van der Waals surface area contributed by atoms with E-state index in [1.165, 1.54) is 0 Å². The first-order valence-corrected chi connectivity index (χ1v) is 19.8. The van der Waals surface area contributed by atoms with Crippen molar-refractivity contribution >= 4 is 51.1 Å². The normalized spacial score (nSPS) is 11.1. The van der Waals surface area contributed by atoms with Crippen molar-refractivity contribution in [3.8, 4) is 27.9 Å². The monoisotopic (exact) mass is 767 g/mol. The van der Waals surface area contributed by atoms with Gasteiger partial charge in [0.25, 0.3) is 0 Å². The topological polar surface area (TPSA) is 74.5 Å². The fourth-order valence-corrected chi connectivity index (χ4v) is 7.60. The van der Waals surface area contributed by atoms with Crippen LogP contribution in [0, 0.1) is 0 Å². The van der Waals surface area contributed by atoms with Gasteiger partial charge in [-0.3, -0.25) is 4.79 Å². The van der Waals surface area contributed by atoms with E-state index in [1.807, 2.05) is 48.5 Å². The van der Waals surface area contributed by atoms with Gasteiger partial charge in [-0.25, -0.2) is 0 Å². The fraction of sp³-hybridized carbons (Fsp3) is 0.0577. The SMILES string of the molecule is O=C(O)CCCc1ccc(-n2nc3c(-c4ccc(N(c5ccccc5)c5ccccc5)cc4)ccc(-c4ccc(N(c5ccccc5)c5ccccc5)cc4)c3n2)cc1. The molecule has 0 saturated heterocycles. The van der Waals surface area contributed by atoms with Crippen LogP contribution in [0.25, 0.3) is 39.0 Å². The lowest BCUT2D eigenvalue weighted by atomic mass is 9.97. The van der Waals surface area contributed by atoms with Gasteiger partial charge in [0, 0.05) is 51.7 Å². The van der Waals surface area contributed by atoms with Crippen LogP contribution in [0.3, 0.4) is 0 Å². The summed E-state index contributed by atoms with van der Waals surface area (Å²) in [6.45, 7) is 0. The Hall–Kier alpha value is -7.77. The van der Waals surface area contributed by atoms with E-state index in [0.29, 0.717) is 12.8 Å². The molecule has 7 heteroatoms. The van der Waals surface area contributed by atoms with E-state index in [-0.39, 0.29) is 6.42 Å². The second-order valence-electron chi connectivity index (χ2n) is 14.4. The number of para-hydroxylation sites is 4. The predicted molar refractivity (Wildman–Crippen MR) is 240 cm³/mol. The van der Waals surface area contributed by atoms with E-state index in [4.69, 9.17) is 15.3 Å². The third-order valence-electron chi connectivity index (χ3n) is 10.5. The lowest BCUT2D eigenvalue weighted by Gasteiger charge is -2.25. The van der Waals surface area contributed by atoms with Gasteiger partial charge in [0.05, 0.1) is 5.69 Å². The van der Waals surface area contributed by atoms with Gasteiger partial charge >= 0.3 is 5.97 Å². The highest BCUT2D eigenvalue weighted by Crippen LogP contribution is 2.40. The molecule has 0 aliphatic heterocycles. The molecule has 0 amide bonds. The molecular weight excluding hydrogens is 727 g/mol. The summed E-state index contributed by atoms with van der Waals surface area (Å²) >= 11 is 0. The van der Waals surface area contributed by atoms with Gasteiger partial charge < -0.3 is 14.9 Å². The second-order valence-corrected chi connectivity index (χ2v) is 14.4. The van der Waals surface area contributed by atoms with E-state index in [9.17, 15) is 4.79 Å². The molecule has 59 heavy (non-hydrogen) atoms. The predicted octanol–water partition coefficient (Wildman–Crippen LogP) is 13.1. The summed E-state index contributed by atoms with van der Waals surface area (Å²) in [5, 5.41) is 19.4. The molecule has 0 aliphatic rings. The quantitative estimate of drug-likeness (QED) is 0.126. The number of aliphatic carboxylic acids is 1. The molecule has 9 aromatic rings. The summed E-state index contributed by atoms with van der Waals surface area (Å²) in [4.78, 5) is 17.3. The van der Waals surface area contributed by atoms with Crippen molar-refractivity contribution in [1.29, 1.82) is 0 Å². The summed E-state index contributed by atoms with van der Waals surface area (Å²) < 4.78 is 0. The molecule has 9 rings (SSSR count).